The molecule has 0 N–H and O–H groups in total. The molecule has 0 fully saturated rings. The molecular weight excluding hydrogens is 443 g/mol. The number of hydrogen-bond acceptors (Lipinski definition) is 4. The van der Waals surface area contributed by atoms with E-state index in [-0.39, 0.29) is 23.6 Å². The van der Waals surface area contributed by atoms with Gasteiger partial charge in [-0.2, -0.15) is 0 Å². The van der Waals surface area contributed by atoms with E-state index in [2.05, 4.69) is 37.9 Å². The van der Waals surface area contributed by atoms with E-state index >= 15 is 0 Å². The van der Waals surface area contributed by atoms with Crippen molar-refractivity contribution in [3.63, 3.8) is 0 Å². The van der Waals surface area contributed by atoms with Crippen LogP contribution in [0.4, 0.5) is 4.39 Å². The van der Waals surface area contributed by atoms with E-state index in [0.717, 1.165) is 28.3 Å². The van der Waals surface area contributed by atoms with Crippen LogP contribution in [0, 0.1) is 21.3 Å². The Morgan fingerprint density at radius 3 is 2.46 bits per heavy atom. The van der Waals surface area contributed by atoms with Crippen LogP contribution < -0.4 is 4.74 Å². The lowest BCUT2D eigenvalue weighted by Gasteiger charge is -2.33. The normalized spacial score (nSPS) is 12.7. The number of fused-ring (bicyclic) bond motifs is 1. The number of hydrogen-bond donors (Lipinski definition) is 0. The topological polar surface area (TPSA) is 65.3 Å². The van der Waals surface area contributed by atoms with Crippen LogP contribution in [0.3, 0.4) is 0 Å². The lowest BCUT2D eigenvalue weighted by Crippen LogP contribution is -2.20. The molecule has 1 atom stereocenters. The van der Waals surface area contributed by atoms with Crippen LogP contribution in [0.1, 0.15) is 49.1 Å². The highest BCUT2D eigenvalue weighted by Crippen LogP contribution is 2.43. The van der Waals surface area contributed by atoms with Crippen LogP contribution in [-0.2, 0) is 6.61 Å². The van der Waals surface area contributed by atoms with Gasteiger partial charge in [0, 0.05) is 17.4 Å². The Morgan fingerprint density at radius 2 is 1.74 bits per heavy atom. The first-order valence-electron chi connectivity index (χ1n) is 11.4. The van der Waals surface area contributed by atoms with Crippen molar-refractivity contribution >= 4 is 17.0 Å². The van der Waals surface area contributed by atoms with Crippen LogP contribution in [-0.4, -0.2) is 9.91 Å². The Balaban J connectivity index is 1.72. The maximum atomic E-state index is 14.6. The summed E-state index contributed by atoms with van der Waals surface area (Å²) in [5.74, 6) is 0.0540. The third-order valence-electron chi connectivity index (χ3n) is 5.87. The van der Waals surface area contributed by atoms with Gasteiger partial charge in [-0.05, 0) is 46.4 Å². The molecule has 0 spiro atoms. The van der Waals surface area contributed by atoms with Crippen molar-refractivity contribution in [1.82, 2.24) is 4.98 Å². The smallest absolute Gasteiger partial charge is 0.235 e. The molecule has 6 heteroatoms. The number of nitro groups is 1. The molecule has 1 unspecified atom stereocenters. The van der Waals surface area contributed by atoms with Gasteiger partial charge in [0.25, 0.3) is 0 Å². The number of ether oxygens (including phenoxy) is 1. The van der Waals surface area contributed by atoms with Gasteiger partial charge in [0.2, 0.25) is 6.20 Å². The standard InChI is InChI=1S/C29H27FN2O3/c1-29(2,3)28(21-9-5-4-6-10-21)24-18-23(14-13-20(24)15-16-32(33)34)35-19-27-25(30)17-22-11-7-8-12-26(22)31-27/h4-18,28H,19H2,1-3H3/b16-15+. The predicted octanol–water partition coefficient (Wildman–Crippen LogP) is 7.38. The molecule has 0 aliphatic carbocycles. The van der Waals surface area contributed by atoms with E-state index in [1.54, 1.807) is 12.1 Å². The number of halogens is 1. The number of aromatic nitrogens is 1. The van der Waals surface area contributed by atoms with Crippen LogP contribution in [0.5, 0.6) is 5.75 Å². The summed E-state index contributed by atoms with van der Waals surface area (Å²) in [4.78, 5) is 15.0. The van der Waals surface area contributed by atoms with E-state index in [4.69, 9.17) is 4.74 Å². The van der Waals surface area contributed by atoms with Gasteiger partial charge >= 0.3 is 0 Å². The highest BCUT2D eigenvalue weighted by molar-refractivity contribution is 5.78. The SMILES string of the molecule is CC(C)(C)C(c1ccccc1)c1cc(OCc2nc3ccccc3cc2F)ccc1/C=C/[N+](=O)[O-]. The van der Waals surface area contributed by atoms with Gasteiger partial charge in [0.05, 0.1) is 10.4 Å². The van der Waals surface area contributed by atoms with E-state index in [9.17, 15) is 14.5 Å². The fraction of sp³-hybridized carbons (Fsp3) is 0.207. The lowest BCUT2D eigenvalue weighted by atomic mass is 9.71. The maximum Gasteiger partial charge on any atom is 0.235 e. The van der Waals surface area contributed by atoms with Gasteiger partial charge in [-0.15, -0.1) is 0 Å². The molecule has 0 aliphatic heterocycles. The molecule has 1 aromatic heterocycles. The average Bonchev–Trinajstić information content (AvgIpc) is 2.82. The Morgan fingerprint density at radius 1 is 1.03 bits per heavy atom. The Labute approximate surface area is 204 Å². The zero-order chi connectivity index (χ0) is 25.0. The highest BCUT2D eigenvalue weighted by Gasteiger charge is 2.30. The van der Waals surface area contributed by atoms with Gasteiger partial charge in [-0.25, -0.2) is 9.37 Å². The van der Waals surface area contributed by atoms with E-state index in [1.165, 1.54) is 12.1 Å². The number of benzene rings is 3. The Bertz CT molecular complexity index is 1380. The molecular formula is C29H27FN2O3. The summed E-state index contributed by atoms with van der Waals surface area (Å²) in [5.41, 5.74) is 3.45. The third kappa shape index (κ3) is 5.72. The van der Waals surface area contributed by atoms with E-state index in [1.807, 2.05) is 48.5 Å². The van der Waals surface area contributed by atoms with Gasteiger partial charge < -0.3 is 4.74 Å². The largest absolute Gasteiger partial charge is 0.487 e. The summed E-state index contributed by atoms with van der Waals surface area (Å²) in [5, 5.41) is 11.8. The summed E-state index contributed by atoms with van der Waals surface area (Å²) in [7, 11) is 0. The second-order valence-corrected chi connectivity index (χ2v) is 9.50. The molecule has 0 amide bonds. The van der Waals surface area contributed by atoms with Crippen molar-refractivity contribution in [3.05, 3.63) is 123 Å². The molecule has 35 heavy (non-hydrogen) atoms. The average molecular weight is 471 g/mol. The summed E-state index contributed by atoms with van der Waals surface area (Å²) in [6, 6.07) is 24.3. The molecule has 4 aromatic rings. The maximum absolute atomic E-state index is 14.6. The van der Waals surface area contributed by atoms with Crippen molar-refractivity contribution in [2.24, 2.45) is 5.41 Å². The van der Waals surface area contributed by atoms with Crippen LogP contribution in [0.2, 0.25) is 0 Å². The minimum atomic E-state index is -0.475. The second-order valence-electron chi connectivity index (χ2n) is 9.50. The summed E-state index contributed by atoms with van der Waals surface area (Å²) < 4.78 is 20.6. The van der Waals surface area contributed by atoms with Crippen molar-refractivity contribution in [3.8, 4) is 5.75 Å². The lowest BCUT2D eigenvalue weighted by molar-refractivity contribution is -0.400. The zero-order valence-corrected chi connectivity index (χ0v) is 19.9. The molecule has 178 valence electrons. The predicted molar refractivity (Wildman–Crippen MR) is 136 cm³/mol. The Hall–Kier alpha value is -4.06. The van der Waals surface area contributed by atoms with Gasteiger partial charge in [0.15, 0.2) is 0 Å². The van der Waals surface area contributed by atoms with Gasteiger partial charge in [-0.1, -0.05) is 75.4 Å². The molecule has 0 bridgehead atoms. The first-order valence-corrected chi connectivity index (χ1v) is 11.4. The summed E-state index contributed by atoms with van der Waals surface area (Å²) in [6.45, 7) is 6.36. The van der Waals surface area contributed by atoms with Crippen LogP contribution in [0.15, 0.2) is 85.1 Å². The Kier molecular flexibility index (Phi) is 6.92. The molecule has 5 nitrogen and oxygen atoms in total. The van der Waals surface area contributed by atoms with E-state index in [0.29, 0.717) is 11.3 Å². The fourth-order valence-corrected chi connectivity index (χ4v) is 4.36. The molecule has 0 radical (unpaired) electrons. The van der Waals surface area contributed by atoms with E-state index < -0.39 is 10.7 Å². The molecule has 3 aromatic carbocycles. The minimum absolute atomic E-state index is 0.0360. The number of rotatable bonds is 7. The van der Waals surface area contributed by atoms with Gasteiger partial charge in [-0.3, -0.25) is 10.1 Å². The molecule has 0 saturated carbocycles. The van der Waals surface area contributed by atoms with Crippen molar-refractivity contribution in [2.45, 2.75) is 33.3 Å². The van der Waals surface area contributed by atoms with Crippen LogP contribution in [0.25, 0.3) is 17.0 Å². The second kappa shape index (κ2) is 10.1. The quantitative estimate of drug-likeness (QED) is 0.209. The minimum Gasteiger partial charge on any atom is -0.487 e. The first kappa shape index (κ1) is 24.1. The summed E-state index contributed by atoms with van der Waals surface area (Å²) >= 11 is 0. The van der Waals surface area contributed by atoms with Gasteiger partial charge in [0.1, 0.15) is 23.9 Å². The number of para-hydroxylation sites is 1. The first-order chi connectivity index (χ1) is 16.7. The van der Waals surface area contributed by atoms with Crippen molar-refractivity contribution in [1.29, 1.82) is 0 Å². The monoisotopic (exact) mass is 470 g/mol. The highest BCUT2D eigenvalue weighted by atomic mass is 19.1. The molecule has 4 rings (SSSR count). The zero-order valence-electron chi connectivity index (χ0n) is 19.9. The fourth-order valence-electron chi connectivity index (χ4n) is 4.36. The number of nitrogens with zero attached hydrogens (tertiary/aromatic N) is 2. The molecule has 0 aliphatic rings. The van der Waals surface area contributed by atoms with Crippen LogP contribution >= 0.6 is 0 Å². The molecule has 1 heterocycles. The number of pyridine rings is 1. The summed E-state index contributed by atoms with van der Waals surface area (Å²) in [6.07, 6.45) is 2.45. The molecule has 0 saturated heterocycles. The third-order valence-corrected chi connectivity index (χ3v) is 5.87. The van der Waals surface area contributed by atoms with Crippen molar-refractivity contribution < 1.29 is 14.1 Å². The van der Waals surface area contributed by atoms with Crippen molar-refractivity contribution in [2.75, 3.05) is 0 Å².